The van der Waals surface area contributed by atoms with Crippen LogP contribution in [0.2, 0.25) is 0 Å². The third-order valence-corrected chi connectivity index (χ3v) is 2.91. The number of carbonyl (C=O) groups excluding carboxylic acids is 1. The zero-order valence-electron chi connectivity index (χ0n) is 11.3. The number of carboxylic acid groups (broad SMARTS) is 1. The van der Waals surface area contributed by atoms with Crippen LogP contribution in [0.4, 0.5) is 0 Å². The van der Waals surface area contributed by atoms with E-state index in [0.717, 1.165) is 5.56 Å². The molecule has 0 unspecified atom stereocenters. The normalized spacial score (nSPS) is 24.3. The summed E-state index contributed by atoms with van der Waals surface area (Å²) in [4.78, 5) is 23.1. The Morgan fingerprint density at radius 1 is 1.20 bits per heavy atom. The molecule has 6 nitrogen and oxygen atoms in total. The molecular formula is C14H17NO5. The van der Waals surface area contributed by atoms with Crippen LogP contribution in [-0.4, -0.2) is 35.0 Å². The van der Waals surface area contributed by atoms with E-state index in [-0.39, 0.29) is 0 Å². The Balaban J connectivity index is 1.99. The van der Waals surface area contributed by atoms with Crippen molar-refractivity contribution in [3.63, 3.8) is 0 Å². The fraction of sp³-hybridized carbons (Fsp3) is 0.429. The van der Waals surface area contributed by atoms with Crippen LogP contribution in [0.15, 0.2) is 30.3 Å². The van der Waals surface area contributed by atoms with Crippen molar-refractivity contribution >= 4 is 11.9 Å². The first-order valence-electron chi connectivity index (χ1n) is 6.29. The summed E-state index contributed by atoms with van der Waals surface area (Å²) < 4.78 is 10.6. The number of hydrogen-bond acceptors (Lipinski definition) is 4. The van der Waals surface area contributed by atoms with Gasteiger partial charge in [0.25, 0.3) is 5.91 Å². The molecule has 1 aromatic carbocycles. The van der Waals surface area contributed by atoms with Crippen molar-refractivity contribution in [3.8, 4) is 0 Å². The monoisotopic (exact) mass is 279 g/mol. The van der Waals surface area contributed by atoms with Gasteiger partial charge in [0, 0.05) is 6.54 Å². The maximum atomic E-state index is 12.0. The van der Waals surface area contributed by atoms with Gasteiger partial charge in [-0.05, 0) is 19.4 Å². The van der Waals surface area contributed by atoms with Crippen molar-refractivity contribution in [1.29, 1.82) is 0 Å². The van der Waals surface area contributed by atoms with Gasteiger partial charge in [0.05, 0.1) is 0 Å². The number of rotatable bonds is 4. The van der Waals surface area contributed by atoms with Crippen LogP contribution in [0, 0.1) is 0 Å². The first-order chi connectivity index (χ1) is 9.39. The van der Waals surface area contributed by atoms with Crippen molar-refractivity contribution in [2.75, 3.05) is 0 Å². The SMILES string of the molecule is CC1(C)O[C@H](C(=O)NCc2ccccc2)[C@H](C(=O)O)O1. The molecule has 1 saturated heterocycles. The molecule has 1 amide bonds. The summed E-state index contributed by atoms with van der Waals surface area (Å²) >= 11 is 0. The van der Waals surface area contributed by atoms with Crippen molar-refractivity contribution in [2.24, 2.45) is 0 Å². The third-order valence-electron chi connectivity index (χ3n) is 2.91. The fourth-order valence-electron chi connectivity index (χ4n) is 2.02. The lowest BCUT2D eigenvalue weighted by molar-refractivity contribution is -0.166. The quantitative estimate of drug-likeness (QED) is 0.855. The van der Waals surface area contributed by atoms with Crippen molar-refractivity contribution in [1.82, 2.24) is 5.32 Å². The molecule has 20 heavy (non-hydrogen) atoms. The fourth-order valence-corrected chi connectivity index (χ4v) is 2.02. The molecule has 1 heterocycles. The Morgan fingerprint density at radius 2 is 1.80 bits per heavy atom. The number of carbonyl (C=O) groups is 2. The molecule has 1 aromatic rings. The molecule has 1 fully saturated rings. The molecule has 0 spiro atoms. The second-order valence-corrected chi connectivity index (χ2v) is 5.02. The second kappa shape index (κ2) is 5.60. The predicted octanol–water partition coefficient (Wildman–Crippen LogP) is 0.907. The summed E-state index contributed by atoms with van der Waals surface area (Å²) in [6.45, 7) is 3.47. The summed E-state index contributed by atoms with van der Waals surface area (Å²) in [5, 5.41) is 11.7. The van der Waals surface area contributed by atoms with E-state index in [0.29, 0.717) is 6.54 Å². The smallest absolute Gasteiger partial charge is 0.336 e. The number of amides is 1. The van der Waals surface area contributed by atoms with Crippen molar-refractivity contribution in [2.45, 2.75) is 38.4 Å². The summed E-state index contributed by atoms with van der Waals surface area (Å²) in [6.07, 6.45) is -2.44. The average Bonchev–Trinajstić information content (AvgIpc) is 2.74. The van der Waals surface area contributed by atoms with Crippen LogP contribution < -0.4 is 5.32 Å². The second-order valence-electron chi connectivity index (χ2n) is 5.02. The van der Waals surface area contributed by atoms with Crippen LogP contribution in [0.3, 0.4) is 0 Å². The van der Waals surface area contributed by atoms with Gasteiger partial charge in [0.15, 0.2) is 18.0 Å². The summed E-state index contributed by atoms with van der Waals surface area (Å²) in [5.41, 5.74) is 0.922. The Labute approximate surface area is 116 Å². The minimum atomic E-state index is -1.29. The maximum absolute atomic E-state index is 12.0. The Hall–Kier alpha value is -1.92. The standard InChI is InChI=1S/C14H17NO5/c1-14(2)19-10(11(20-14)13(17)18)12(16)15-8-9-6-4-3-5-7-9/h3-7,10-11H,8H2,1-2H3,(H,15,16)(H,17,18)/t10-,11+/m0/s1. The Morgan fingerprint density at radius 3 is 2.40 bits per heavy atom. The highest BCUT2D eigenvalue weighted by Crippen LogP contribution is 2.28. The zero-order valence-corrected chi connectivity index (χ0v) is 11.3. The predicted molar refractivity (Wildman–Crippen MR) is 69.7 cm³/mol. The molecule has 0 bridgehead atoms. The minimum absolute atomic E-state index is 0.312. The maximum Gasteiger partial charge on any atom is 0.336 e. The van der Waals surface area contributed by atoms with E-state index >= 15 is 0 Å². The molecule has 0 aromatic heterocycles. The van der Waals surface area contributed by atoms with Crippen LogP contribution in [0.1, 0.15) is 19.4 Å². The van der Waals surface area contributed by atoms with E-state index < -0.39 is 29.9 Å². The van der Waals surface area contributed by atoms with Crippen LogP contribution in [0.25, 0.3) is 0 Å². The van der Waals surface area contributed by atoms with Crippen LogP contribution >= 0.6 is 0 Å². The lowest BCUT2D eigenvalue weighted by Crippen LogP contribution is -2.43. The molecule has 0 aliphatic carbocycles. The molecule has 1 aliphatic heterocycles. The van der Waals surface area contributed by atoms with E-state index in [1.165, 1.54) is 0 Å². The summed E-state index contributed by atoms with van der Waals surface area (Å²) in [6, 6.07) is 9.33. The number of ether oxygens (including phenoxy) is 2. The highest BCUT2D eigenvalue weighted by atomic mass is 16.8. The number of benzene rings is 1. The van der Waals surface area contributed by atoms with E-state index in [2.05, 4.69) is 5.32 Å². The van der Waals surface area contributed by atoms with Gasteiger partial charge < -0.3 is 19.9 Å². The van der Waals surface area contributed by atoms with Gasteiger partial charge in [-0.2, -0.15) is 0 Å². The molecule has 6 heteroatoms. The van der Waals surface area contributed by atoms with E-state index in [1.807, 2.05) is 30.3 Å². The minimum Gasteiger partial charge on any atom is -0.479 e. The van der Waals surface area contributed by atoms with Gasteiger partial charge in [0.1, 0.15) is 0 Å². The zero-order chi connectivity index (χ0) is 14.8. The van der Waals surface area contributed by atoms with Crippen LogP contribution in [-0.2, 0) is 25.6 Å². The van der Waals surface area contributed by atoms with Crippen molar-refractivity contribution in [3.05, 3.63) is 35.9 Å². The molecule has 2 N–H and O–H groups in total. The van der Waals surface area contributed by atoms with Gasteiger partial charge in [-0.15, -0.1) is 0 Å². The van der Waals surface area contributed by atoms with Crippen LogP contribution in [0.5, 0.6) is 0 Å². The van der Waals surface area contributed by atoms with Gasteiger partial charge in [-0.3, -0.25) is 4.79 Å². The molecule has 0 saturated carbocycles. The highest BCUT2D eigenvalue weighted by molar-refractivity contribution is 5.88. The summed E-state index contributed by atoms with van der Waals surface area (Å²) in [5.74, 6) is -2.79. The lowest BCUT2D eigenvalue weighted by Gasteiger charge is -2.16. The van der Waals surface area contributed by atoms with E-state index in [9.17, 15) is 9.59 Å². The first kappa shape index (κ1) is 14.5. The summed E-state index contributed by atoms with van der Waals surface area (Å²) in [7, 11) is 0. The number of aliphatic carboxylic acids is 1. The average molecular weight is 279 g/mol. The Bertz CT molecular complexity index is 500. The molecule has 2 atom stereocenters. The van der Waals surface area contributed by atoms with E-state index in [1.54, 1.807) is 13.8 Å². The van der Waals surface area contributed by atoms with E-state index in [4.69, 9.17) is 14.6 Å². The topological polar surface area (TPSA) is 84.9 Å². The first-order valence-corrected chi connectivity index (χ1v) is 6.29. The van der Waals surface area contributed by atoms with Crippen molar-refractivity contribution < 1.29 is 24.2 Å². The molecule has 1 aliphatic rings. The van der Waals surface area contributed by atoms with Gasteiger partial charge in [-0.25, -0.2) is 4.79 Å². The number of nitrogens with one attached hydrogen (secondary N) is 1. The lowest BCUT2D eigenvalue weighted by atomic mass is 10.2. The van der Waals surface area contributed by atoms with Gasteiger partial charge in [-0.1, -0.05) is 30.3 Å². The number of hydrogen-bond donors (Lipinski definition) is 2. The molecule has 0 radical (unpaired) electrons. The Kier molecular flexibility index (Phi) is 4.06. The molecular weight excluding hydrogens is 262 g/mol. The highest BCUT2D eigenvalue weighted by Gasteiger charge is 2.48. The largest absolute Gasteiger partial charge is 0.479 e. The molecule has 108 valence electrons. The number of carboxylic acids is 1. The molecule has 2 rings (SSSR count). The van der Waals surface area contributed by atoms with Gasteiger partial charge >= 0.3 is 5.97 Å². The van der Waals surface area contributed by atoms with Gasteiger partial charge in [0.2, 0.25) is 0 Å². The third kappa shape index (κ3) is 3.34.